The lowest BCUT2D eigenvalue weighted by atomic mass is 9.99. The average molecular weight is 303 g/mol. The number of rotatable bonds is 6. The van der Waals surface area contributed by atoms with Crippen LogP contribution in [-0.4, -0.2) is 23.4 Å². The van der Waals surface area contributed by atoms with Crippen LogP contribution >= 0.6 is 11.3 Å². The van der Waals surface area contributed by atoms with Crippen LogP contribution in [-0.2, 0) is 0 Å². The zero-order valence-corrected chi connectivity index (χ0v) is 12.8. The summed E-state index contributed by atoms with van der Waals surface area (Å²) in [4.78, 5) is 24.4. The molecule has 110 valence electrons. The van der Waals surface area contributed by atoms with Gasteiger partial charge in [-0.05, 0) is 12.5 Å². The molecule has 0 atom stereocenters. The predicted molar refractivity (Wildman–Crippen MR) is 85.5 cm³/mol. The minimum Gasteiger partial charge on any atom is -0.478 e. The van der Waals surface area contributed by atoms with Crippen LogP contribution in [0.1, 0.15) is 40.3 Å². The summed E-state index contributed by atoms with van der Waals surface area (Å²) in [5.74, 6) is -1.05. The number of benzene rings is 1. The van der Waals surface area contributed by atoms with Crippen LogP contribution in [0, 0.1) is 0 Å². The topological polar surface area (TPSA) is 66.4 Å². The van der Waals surface area contributed by atoms with Gasteiger partial charge in [-0.15, -0.1) is 11.3 Å². The molecule has 1 aromatic carbocycles. The number of hydrogen-bond donors (Lipinski definition) is 2. The molecule has 0 aliphatic rings. The molecule has 0 radical (unpaired) electrons. The van der Waals surface area contributed by atoms with Crippen molar-refractivity contribution in [2.75, 3.05) is 11.9 Å². The van der Waals surface area contributed by atoms with Crippen molar-refractivity contribution < 1.29 is 14.7 Å². The summed E-state index contributed by atoms with van der Waals surface area (Å²) in [7, 11) is 0. The zero-order chi connectivity index (χ0) is 15.4. The van der Waals surface area contributed by atoms with Crippen LogP contribution in [0.5, 0.6) is 0 Å². The van der Waals surface area contributed by atoms with Crippen LogP contribution in [0.25, 0.3) is 11.1 Å². The van der Waals surface area contributed by atoms with E-state index in [0.29, 0.717) is 28.4 Å². The molecule has 2 rings (SSSR count). The second kappa shape index (κ2) is 6.54. The van der Waals surface area contributed by atoms with Gasteiger partial charge in [-0.1, -0.05) is 37.3 Å². The molecule has 0 spiro atoms. The van der Waals surface area contributed by atoms with E-state index < -0.39 is 5.97 Å². The molecule has 4 nitrogen and oxygen atoms in total. The quantitative estimate of drug-likeness (QED) is 0.787. The maximum absolute atomic E-state index is 12.2. The third-order valence-electron chi connectivity index (χ3n) is 3.10. The van der Waals surface area contributed by atoms with Crippen molar-refractivity contribution in [3.63, 3.8) is 0 Å². The lowest BCUT2D eigenvalue weighted by Crippen LogP contribution is -2.04. The van der Waals surface area contributed by atoms with Gasteiger partial charge in [-0.2, -0.15) is 0 Å². The van der Waals surface area contributed by atoms with Gasteiger partial charge >= 0.3 is 5.97 Å². The molecule has 0 fully saturated rings. The smallest absolute Gasteiger partial charge is 0.339 e. The fourth-order valence-corrected chi connectivity index (χ4v) is 3.45. The molecule has 0 amide bonds. The van der Waals surface area contributed by atoms with E-state index in [1.165, 1.54) is 11.3 Å². The van der Waals surface area contributed by atoms with Gasteiger partial charge in [0.25, 0.3) is 0 Å². The minimum absolute atomic E-state index is 0.0366. The lowest BCUT2D eigenvalue weighted by Gasteiger charge is -2.05. The highest BCUT2D eigenvalue weighted by Crippen LogP contribution is 2.40. The maximum Gasteiger partial charge on any atom is 0.339 e. The summed E-state index contributed by atoms with van der Waals surface area (Å²) in [6, 6.07) is 9.20. The standard InChI is InChI=1S/C16H17NO3S/c1-3-11(18)14-12(10-8-6-5-7-9-10)13(16(19)20)15(21-14)17-4-2/h5-9,17H,3-4H2,1-2H3,(H,19,20). The first-order chi connectivity index (χ1) is 10.1. The molecule has 0 saturated carbocycles. The van der Waals surface area contributed by atoms with E-state index in [1.807, 2.05) is 37.3 Å². The van der Waals surface area contributed by atoms with E-state index in [0.717, 1.165) is 5.56 Å². The summed E-state index contributed by atoms with van der Waals surface area (Å²) < 4.78 is 0. The van der Waals surface area contributed by atoms with Gasteiger partial charge < -0.3 is 10.4 Å². The van der Waals surface area contributed by atoms with Crippen molar-refractivity contribution >= 4 is 28.1 Å². The predicted octanol–water partition coefficient (Wildman–Crippen LogP) is 4.14. The third-order valence-corrected chi connectivity index (χ3v) is 4.28. The molecule has 0 aliphatic carbocycles. The van der Waals surface area contributed by atoms with E-state index in [9.17, 15) is 14.7 Å². The van der Waals surface area contributed by atoms with Crippen LogP contribution in [0.4, 0.5) is 5.00 Å². The van der Waals surface area contributed by atoms with Gasteiger partial charge in [0.1, 0.15) is 10.6 Å². The van der Waals surface area contributed by atoms with Gasteiger partial charge in [0.15, 0.2) is 5.78 Å². The molecule has 0 bridgehead atoms. The fourth-order valence-electron chi connectivity index (χ4n) is 2.16. The molecule has 2 aromatic rings. The highest BCUT2D eigenvalue weighted by Gasteiger charge is 2.26. The Morgan fingerprint density at radius 3 is 2.38 bits per heavy atom. The molecule has 5 heteroatoms. The summed E-state index contributed by atoms with van der Waals surface area (Å²) in [5.41, 5.74) is 1.47. The van der Waals surface area contributed by atoms with E-state index in [-0.39, 0.29) is 11.3 Å². The number of aromatic carboxylic acids is 1. The number of nitrogens with one attached hydrogen (secondary N) is 1. The lowest BCUT2D eigenvalue weighted by molar-refractivity contribution is 0.0699. The van der Waals surface area contributed by atoms with Crippen LogP contribution < -0.4 is 5.32 Å². The zero-order valence-electron chi connectivity index (χ0n) is 12.0. The average Bonchev–Trinajstić information content (AvgIpc) is 2.87. The summed E-state index contributed by atoms with van der Waals surface area (Å²) in [5, 5.41) is 13.2. The van der Waals surface area contributed by atoms with E-state index in [1.54, 1.807) is 6.92 Å². The Morgan fingerprint density at radius 2 is 1.86 bits per heavy atom. The molecule has 0 aliphatic heterocycles. The number of ketones is 1. The Morgan fingerprint density at radius 1 is 1.19 bits per heavy atom. The molecular weight excluding hydrogens is 286 g/mol. The van der Waals surface area contributed by atoms with E-state index >= 15 is 0 Å². The van der Waals surface area contributed by atoms with E-state index in [4.69, 9.17) is 0 Å². The Hall–Kier alpha value is -2.14. The molecule has 2 N–H and O–H groups in total. The van der Waals surface area contributed by atoms with E-state index in [2.05, 4.69) is 5.32 Å². The van der Waals surface area contributed by atoms with Crippen LogP contribution in [0.3, 0.4) is 0 Å². The van der Waals surface area contributed by atoms with Gasteiger partial charge in [0, 0.05) is 18.5 Å². The largest absolute Gasteiger partial charge is 0.478 e. The van der Waals surface area contributed by atoms with Crippen molar-refractivity contribution in [1.29, 1.82) is 0 Å². The highest BCUT2D eigenvalue weighted by molar-refractivity contribution is 7.19. The Labute approximate surface area is 127 Å². The summed E-state index contributed by atoms with van der Waals surface area (Å²) in [6.07, 6.45) is 0.352. The van der Waals surface area contributed by atoms with Gasteiger partial charge in [0.2, 0.25) is 0 Å². The number of thiophene rings is 1. The Kier molecular flexibility index (Phi) is 4.75. The maximum atomic E-state index is 12.2. The van der Waals surface area contributed by atoms with Crippen molar-refractivity contribution in [1.82, 2.24) is 0 Å². The van der Waals surface area contributed by atoms with Crippen molar-refractivity contribution in [2.24, 2.45) is 0 Å². The van der Waals surface area contributed by atoms with Crippen molar-refractivity contribution in [3.8, 4) is 11.1 Å². The SMILES string of the molecule is CCNc1sc(C(=O)CC)c(-c2ccccc2)c1C(=O)O. The van der Waals surface area contributed by atoms with Crippen LogP contribution in [0.2, 0.25) is 0 Å². The third kappa shape index (κ3) is 2.97. The first-order valence-corrected chi connectivity index (χ1v) is 7.64. The van der Waals surface area contributed by atoms with Crippen molar-refractivity contribution in [2.45, 2.75) is 20.3 Å². The molecule has 1 heterocycles. The molecule has 0 saturated heterocycles. The Balaban J connectivity index is 2.74. The molecule has 21 heavy (non-hydrogen) atoms. The van der Waals surface area contributed by atoms with Crippen LogP contribution in [0.15, 0.2) is 30.3 Å². The number of Topliss-reactive ketones (excluding diaryl/α,β-unsaturated/α-hetero) is 1. The molecular formula is C16H17NO3S. The van der Waals surface area contributed by atoms with Gasteiger partial charge in [-0.3, -0.25) is 4.79 Å². The molecule has 1 aromatic heterocycles. The highest BCUT2D eigenvalue weighted by atomic mass is 32.1. The number of carboxylic acids is 1. The Bertz CT molecular complexity index is 662. The normalized spacial score (nSPS) is 10.4. The molecule has 0 unspecified atom stereocenters. The second-order valence-electron chi connectivity index (χ2n) is 4.49. The van der Waals surface area contributed by atoms with Gasteiger partial charge in [0.05, 0.1) is 4.88 Å². The number of hydrogen-bond acceptors (Lipinski definition) is 4. The first kappa shape index (κ1) is 15.3. The number of carbonyl (C=O) groups excluding carboxylic acids is 1. The minimum atomic E-state index is -1.02. The van der Waals surface area contributed by atoms with Gasteiger partial charge in [-0.25, -0.2) is 4.79 Å². The number of anilines is 1. The second-order valence-corrected chi connectivity index (χ2v) is 5.51. The number of carbonyl (C=O) groups is 2. The summed E-state index contributed by atoms with van der Waals surface area (Å²) in [6.45, 7) is 4.29. The number of carboxylic acid groups (broad SMARTS) is 1. The fraction of sp³-hybridized carbons (Fsp3) is 0.250. The monoisotopic (exact) mass is 303 g/mol. The van der Waals surface area contributed by atoms with Crippen molar-refractivity contribution in [3.05, 3.63) is 40.8 Å². The first-order valence-electron chi connectivity index (χ1n) is 6.82. The summed E-state index contributed by atoms with van der Waals surface area (Å²) >= 11 is 1.23.